The number of hydrogen-bond acceptors (Lipinski definition) is 7. The van der Waals surface area contributed by atoms with Crippen molar-refractivity contribution in [3.05, 3.63) is 12.7 Å². The lowest BCUT2D eigenvalue weighted by atomic mass is 9.80. The average molecular weight is 315 g/mol. The Balaban J connectivity index is 2.13. The highest BCUT2D eigenvalue weighted by Crippen LogP contribution is 2.54. The molecule has 1 aliphatic rings. The molecule has 0 spiro atoms. The predicted molar refractivity (Wildman–Crippen MR) is 70.9 cm³/mol. The first-order valence-electron chi connectivity index (χ1n) is 6.55. The van der Waals surface area contributed by atoms with Gasteiger partial charge in [-0.3, -0.25) is 4.57 Å². The molecule has 0 unspecified atom stereocenters. The van der Waals surface area contributed by atoms with Gasteiger partial charge in [-0.25, -0.2) is 23.7 Å². The molecule has 3 heterocycles. The lowest BCUT2D eigenvalue weighted by molar-refractivity contribution is -0.152. The van der Waals surface area contributed by atoms with Gasteiger partial charge in [-0.05, 0) is 6.92 Å². The fourth-order valence-corrected chi connectivity index (χ4v) is 2.62. The van der Waals surface area contributed by atoms with Gasteiger partial charge >= 0.3 is 5.92 Å². The Labute approximate surface area is 123 Å². The first-order valence-corrected chi connectivity index (χ1v) is 6.55. The van der Waals surface area contributed by atoms with Gasteiger partial charge in [0.2, 0.25) is 6.23 Å². The predicted octanol–water partition coefficient (Wildman–Crippen LogP) is -0.0679. The van der Waals surface area contributed by atoms with Crippen LogP contribution < -0.4 is 5.73 Å². The zero-order valence-corrected chi connectivity index (χ0v) is 11.6. The Morgan fingerprint density at radius 1 is 1.36 bits per heavy atom. The Morgan fingerprint density at radius 3 is 2.68 bits per heavy atom. The van der Waals surface area contributed by atoms with Crippen LogP contribution in [-0.4, -0.2) is 55.0 Å². The number of rotatable bonds is 3. The number of aliphatic hydroxyl groups is 2. The van der Waals surface area contributed by atoms with Crippen LogP contribution in [0.5, 0.6) is 0 Å². The number of nitrogens with zero attached hydrogens (tertiary/aromatic N) is 4. The van der Waals surface area contributed by atoms with Crippen LogP contribution in [0.25, 0.3) is 11.2 Å². The molecular weight excluding hydrogens is 300 g/mol. The minimum atomic E-state index is -3.46. The zero-order valence-electron chi connectivity index (χ0n) is 11.6. The number of hydrogen-bond donors (Lipinski definition) is 3. The highest BCUT2D eigenvalue weighted by Gasteiger charge is 2.67. The van der Waals surface area contributed by atoms with Crippen molar-refractivity contribution in [2.75, 3.05) is 18.9 Å². The number of nitrogens with two attached hydrogens (primary N) is 1. The number of anilines is 1. The third-order valence-electron chi connectivity index (χ3n) is 4.21. The largest absolute Gasteiger partial charge is 0.395 e. The van der Waals surface area contributed by atoms with Crippen molar-refractivity contribution in [3.63, 3.8) is 0 Å². The molecule has 1 saturated heterocycles. The molecule has 0 saturated carbocycles. The summed E-state index contributed by atoms with van der Waals surface area (Å²) in [6.07, 6.45) is -0.723. The second-order valence-corrected chi connectivity index (χ2v) is 5.44. The number of nitrogen functional groups attached to an aromatic ring is 1. The second-order valence-electron chi connectivity index (χ2n) is 5.44. The van der Waals surface area contributed by atoms with Gasteiger partial charge in [-0.2, -0.15) is 0 Å². The molecule has 3 rings (SSSR count). The molecule has 4 N–H and O–H groups in total. The smallest absolute Gasteiger partial charge is 0.302 e. The maximum absolute atomic E-state index is 14.8. The fourth-order valence-electron chi connectivity index (χ4n) is 2.62. The Hall–Kier alpha value is -1.91. The fraction of sp³-hybridized carbons (Fsp3) is 0.583. The summed E-state index contributed by atoms with van der Waals surface area (Å²) in [6, 6.07) is 0. The van der Waals surface area contributed by atoms with E-state index in [0.29, 0.717) is 0 Å². The van der Waals surface area contributed by atoms with E-state index in [4.69, 9.17) is 10.5 Å². The molecule has 1 fully saturated rings. The van der Waals surface area contributed by atoms with Crippen LogP contribution in [-0.2, 0) is 4.74 Å². The molecule has 0 amide bonds. The first-order chi connectivity index (χ1) is 10.4. The van der Waals surface area contributed by atoms with Crippen LogP contribution in [0.1, 0.15) is 13.2 Å². The summed E-state index contributed by atoms with van der Waals surface area (Å²) in [7, 11) is 0. The lowest BCUT2D eigenvalue weighted by Gasteiger charge is -2.32. The Bertz CT molecular complexity index is 709. The van der Waals surface area contributed by atoms with Crippen LogP contribution >= 0.6 is 0 Å². The van der Waals surface area contributed by atoms with E-state index in [0.717, 1.165) is 24.1 Å². The van der Waals surface area contributed by atoms with Crippen molar-refractivity contribution in [2.45, 2.75) is 25.2 Å². The SMILES string of the molecule is C[C@@]1(CO)[C@@H](CO)O[C@@H](n2cnc3c(N)ncnc32)C1(F)F. The van der Waals surface area contributed by atoms with E-state index in [2.05, 4.69) is 15.0 Å². The minimum Gasteiger partial charge on any atom is -0.395 e. The van der Waals surface area contributed by atoms with Crippen LogP contribution in [0.4, 0.5) is 14.6 Å². The summed E-state index contributed by atoms with van der Waals surface area (Å²) in [6.45, 7) is -0.325. The second kappa shape index (κ2) is 4.80. The summed E-state index contributed by atoms with van der Waals surface area (Å²) in [5.41, 5.74) is 3.98. The van der Waals surface area contributed by atoms with Crippen LogP contribution in [0.3, 0.4) is 0 Å². The topological polar surface area (TPSA) is 119 Å². The van der Waals surface area contributed by atoms with Gasteiger partial charge in [0.05, 0.1) is 31.1 Å². The van der Waals surface area contributed by atoms with Gasteiger partial charge < -0.3 is 20.7 Å². The van der Waals surface area contributed by atoms with Crippen molar-refractivity contribution < 1.29 is 23.7 Å². The molecule has 22 heavy (non-hydrogen) atoms. The van der Waals surface area contributed by atoms with Gasteiger partial charge in [0.25, 0.3) is 0 Å². The summed E-state index contributed by atoms with van der Waals surface area (Å²) < 4.78 is 35.9. The van der Waals surface area contributed by atoms with E-state index in [9.17, 15) is 19.0 Å². The molecule has 0 radical (unpaired) electrons. The van der Waals surface area contributed by atoms with Gasteiger partial charge in [-0.15, -0.1) is 0 Å². The number of aromatic nitrogens is 4. The highest BCUT2D eigenvalue weighted by atomic mass is 19.3. The summed E-state index contributed by atoms with van der Waals surface area (Å²) in [5, 5.41) is 18.7. The normalized spacial score (nSPS) is 31.0. The molecule has 0 aliphatic carbocycles. The molecule has 3 atom stereocenters. The molecule has 0 aromatic carbocycles. The average Bonchev–Trinajstić information content (AvgIpc) is 2.99. The maximum Gasteiger partial charge on any atom is 0.302 e. The number of halogens is 2. The summed E-state index contributed by atoms with van der Waals surface area (Å²) in [5.74, 6) is -3.39. The van der Waals surface area contributed by atoms with Crippen molar-refractivity contribution in [1.29, 1.82) is 0 Å². The van der Waals surface area contributed by atoms with Gasteiger partial charge in [0.1, 0.15) is 11.8 Å². The molecule has 2 aromatic rings. The molecule has 2 aromatic heterocycles. The Morgan fingerprint density at radius 2 is 2.09 bits per heavy atom. The standard InChI is InChI=1S/C12H15F2N5O3/c1-11(3-21)6(2-20)22-10(12(11,13)14)19-5-18-7-8(15)16-4-17-9(7)19/h4-6,10,20-21H,2-3H2,1H3,(H2,15,16,17)/t6-,10-,11-/m1/s1. The van der Waals surface area contributed by atoms with Crippen molar-refractivity contribution in [3.8, 4) is 0 Å². The van der Waals surface area contributed by atoms with E-state index in [1.54, 1.807) is 0 Å². The molecule has 0 bridgehead atoms. The highest BCUT2D eigenvalue weighted by molar-refractivity contribution is 5.81. The number of alkyl halides is 2. The molecular formula is C12H15F2N5O3. The van der Waals surface area contributed by atoms with E-state index in [-0.39, 0.29) is 17.0 Å². The third kappa shape index (κ3) is 1.74. The summed E-state index contributed by atoms with van der Waals surface area (Å²) in [4.78, 5) is 11.6. The van der Waals surface area contributed by atoms with E-state index < -0.39 is 36.9 Å². The summed E-state index contributed by atoms with van der Waals surface area (Å²) >= 11 is 0. The van der Waals surface area contributed by atoms with Crippen molar-refractivity contribution in [1.82, 2.24) is 19.5 Å². The number of fused-ring (bicyclic) bond motifs is 1. The molecule has 120 valence electrons. The Kier molecular flexibility index (Phi) is 3.27. The van der Waals surface area contributed by atoms with Crippen LogP contribution in [0.2, 0.25) is 0 Å². The van der Waals surface area contributed by atoms with Gasteiger partial charge in [0.15, 0.2) is 11.5 Å². The molecule has 8 nitrogen and oxygen atoms in total. The van der Waals surface area contributed by atoms with E-state index >= 15 is 0 Å². The van der Waals surface area contributed by atoms with Crippen LogP contribution in [0, 0.1) is 5.41 Å². The van der Waals surface area contributed by atoms with Gasteiger partial charge in [0, 0.05) is 0 Å². The number of ether oxygens (including phenoxy) is 1. The van der Waals surface area contributed by atoms with Gasteiger partial charge in [-0.1, -0.05) is 0 Å². The lowest BCUT2D eigenvalue weighted by Crippen LogP contribution is -2.47. The third-order valence-corrected chi connectivity index (χ3v) is 4.21. The quantitative estimate of drug-likeness (QED) is 0.725. The van der Waals surface area contributed by atoms with Crippen molar-refractivity contribution >= 4 is 17.0 Å². The minimum absolute atomic E-state index is 0.0636. The van der Waals surface area contributed by atoms with Crippen LogP contribution in [0.15, 0.2) is 12.7 Å². The zero-order chi connectivity index (χ0) is 16.1. The van der Waals surface area contributed by atoms with Crippen molar-refractivity contribution in [2.24, 2.45) is 5.41 Å². The monoisotopic (exact) mass is 315 g/mol. The number of imidazole rings is 1. The first kappa shape index (κ1) is 15.0. The maximum atomic E-state index is 14.8. The molecule has 1 aliphatic heterocycles. The van der Waals surface area contributed by atoms with E-state index in [1.165, 1.54) is 0 Å². The number of aliphatic hydroxyl groups excluding tert-OH is 2. The molecule has 10 heteroatoms. The van der Waals surface area contributed by atoms with E-state index in [1.807, 2.05) is 0 Å².